The molecule has 1 amide bonds. The Morgan fingerprint density at radius 3 is 2.28 bits per heavy atom. The first-order valence-corrected chi connectivity index (χ1v) is 10.1. The van der Waals surface area contributed by atoms with E-state index in [2.05, 4.69) is 5.16 Å². The number of rotatable bonds is 6. The summed E-state index contributed by atoms with van der Waals surface area (Å²) in [6.07, 6.45) is 1.55. The van der Waals surface area contributed by atoms with E-state index >= 15 is 0 Å². The predicted octanol–water partition coefficient (Wildman–Crippen LogP) is 4.76. The first kappa shape index (κ1) is 21.1. The zero-order chi connectivity index (χ0) is 22.7. The monoisotopic (exact) mass is 426 g/mol. The van der Waals surface area contributed by atoms with E-state index in [0.717, 1.165) is 16.7 Å². The van der Waals surface area contributed by atoms with Crippen LogP contribution >= 0.6 is 0 Å². The summed E-state index contributed by atoms with van der Waals surface area (Å²) in [5.41, 5.74) is 3.56. The van der Waals surface area contributed by atoms with E-state index in [9.17, 15) is 14.7 Å². The molecule has 0 aliphatic carbocycles. The number of aliphatic hydroxyl groups is 1. The van der Waals surface area contributed by atoms with Crippen molar-refractivity contribution < 1.29 is 19.5 Å². The third-order valence-electron chi connectivity index (χ3n) is 5.36. The summed E-state index contributed by atoms with van der Waals surface area (Å²) in [6, 6.07) is 22.6. The van der Waals surface area contributed by atoms with Crippen molar-refractivity contribution in [2.45, 2.75) is 13.0 Å². The number of anilines is 1. The maximum absolute atomic E-state index is 13.4. The zero-order valence-electron chi connectivity index (χ0n) is 17.7. The van der Waals surface area contributed by atoms with Gasteiger partial charge in [0.2, 0.25) is 0 Å². The van der Waals surface area contributed by atoms with Crippen LogP contribution in [-0.4, -0.2) is 30.1 Å². The van der Waals surface area contributed by atoms with E-state index in [1.165, 1.54) is 12.0 Å². The Bertz CT molecular complexity index is 1200. The van der Waals surface area contributed by atoms with Gasteiger partial charge in [-0.15, -0.1) is 0 Å². The predicted molar refractivity (Wildman–Crippen MR) is 123 cm³/mol. The minimum Gasteiger partial charge on any atom is -0.503 e. The fraction of sp³-hybridized carbons (Fsp3) is 0.115. The van der Waals surface area contributed by atoms with E-state index in [1.807, 2.05) is 49.4 Å². The Kier molecular flexibility index (Phi) is 5.85. The number of amides is 1. The molecule has 0 spiro atoms. The number of oxime groups is 1. The molecule has 32 heavy (non-hydrogen) atoms. The van der Waals surface area contributed by atoms with Crippen molar-refractivity contribution in [1.29, 1.82) is 0 Å². The summed E-state index contributed by atoms with van der Waals surface area (Å²) in [5, 5.41) is 14.5. The number of aliphatic hydroxyl groups excluding tert-OH is 1. The topological polar surface area (TPSA) is 79.2 Å². The third kappa shape index (κ3) is 3.90. The number of benzene rings is 3. The van der Waals surface area contributed by atoms with E-state index in [1.54, 1.807) is 42.6 Å². The minimum atomic E-state index is -0.754. The molecule has 0 radical (unpaired) electrons. The molecule has 1 unspecified atom stereocenters. The molecule has 1 aliphatic rings. The summed E-state index contributed by atoms with van der Waals surface area (Å²) in [7, 11) is 1.46. The zero-order valence-corrected chi connectivity index (χ0v) is 17.7. The maximum Gasteiger partial charge on any atom is 0.294 e. The molecule has 0 bridgehead atoms. The molecule has 0 fully saturated rings. The second-order valence-electron chi connectivity index (χ2n) is 7.45. The van der Waals surface area contributed by atoms with Crippen molar-refractivity contribution in [1.82, 2.24) is 0 Å². The second kappa shape index (κ2) is 8.89. The van der Waals surface area contributed by atoms with Gasteiger partial charge in [-0.1, -0.05) is 77.4 Å². The number of nitrogens with zero attached hydrogens (tertiary/aromatic N) is 2. The van der Waals surface area contributed by atoms with Crippen LogP contribution in [0.15, 0.2) is 95.4 Å². The normalized spacial score (nSPS) is 16.1. The van der Waals surface area contributed by atoms with Gasteiger partial charge in [-0.3, -0.25) is 14.5 Å². The van der Waals surface area contributed by atoms with Crippen molar-refractivity contribution in [2.75, 3.05) is 12.0 Å². The van der Waals surface area contributed by atoms with E-state index in [0.29, 0.717) is 11.3 Å². The molecule has 3 aromatic rings. The highest BCUT2D eigenvalue weighted by atomic mass is 16.6. The third-order valence-corrected chi connectivity index (χ3v) is 5.36. The molecule has 0 saturated heterocycles. The minimum absolute atomic E-state index is 0.0649. The number of carbonyl (C=O) groups excluding carboxylic acids is 2. The van der Waals surface area contributed by atoms with E-state index in [-0.39, 0.29) is 11.4 Å². The quantitative estimate of drug-likeness (QED) is 0.350. The molecule has 0 saturated carbocycles. The molecular weight excluding hydrogens is 404 g/mol. The number of carbonyl (C=O) groups is 2. The number of ketones is 1. The highest BCUT2D eigenvalue weighted by Crippen LogP contribution is 2.41. The van der Waals surface area contributed by atoms with Crippen LogP contribution in [0.25, 0.3) is 0 Å². The van der Waals surface area contributed by atoms with Gasteiger partial charge >= 0.3 is 0 Å². The molecule has 6 heteroatoms. The Labute approximate surface area is 186 Å². The van der Waals surface area contributed by atoms with Crippen LogP contribution in [0.3, 0.4) is 0 Å². The summed E-state index contributed by atoms with van der Waals surface area (Å²) in [4.78, 5) is 32.7. The summed E-state index contributed by atoms with van der Waals surface area (Å²) in [5.74, 6) is -1.53. The van der Waals surface area contributed by atoms with Gasteiger partial charge in [-0.25, -0.2) is 0 Å². The highest BCUT2D eigenvalue weighted by molar-refractivity contribution is 6.20. The van der Waals surface area contributed by atoms with Crippen LogP contribution in [0, 0.1) is 6.92 Å². The van der Waals surface area contributed by atoms with Crippen molar-refractivity contribution in [3.05, 3.63) is 112 Å². The lowest BCUT2D eigenvalue weighted by Crippen LogP contribution is -2.31. The number of aryl methyl sites for hydroxylation is 1. The fourth-order valence-corrected chi connectivity index (χ4v) is 3.75. The Balaban J connectivity index is 1.79. The smallest absolute Gasteiger partial charge is 0.294 e. The van der Waals surface area contributed by atoms with Crippen molar-refractivity contribution in [2.24, 2.45) is 5.16 Å². The maximum atomic E-state index is 13.4. The molecule has 1 atom stereocenters. The van der Waals surface area contributed by atoms with Crippen LogP contribution in [0.5, 0.6) is 0 Å². The van der Waals surface area contributed by atoms with Crippen molar-refractivity contribution >= 4 is 23.6 Å². The second-order valence-corrected chi connectivity index (χ2v) is 7.45. The van der Waals surface area contributed by atoms with Gasteiger partial charge in [0, 0.05) is 11.3 Å². The number of Topliss-reactive ketones (excluding diaryl/α,β-unsaturated/α-hetero) is 1. The van der Waals surface area contributed by atoms with Crippen LogP contribution in [-0.2, 0) is 9.63 Å². The highest BCUT2D eigenvalue weighted by Gasteiger charge is 2.44. The molecule has 0 aromatic heterocycles. The molecule has 1 N–H and O–H groups in total. The van der Waals surface area contributed by atoms with Crippen LogP contribution in [0.1, 0.15) is 33.1 Å². The standard InChI is InChI=1S/C26H22N2O4/c1-17-8-12-20(13-9-17)24(29)22-23(19-6-4-3-5-7-19)28(26(31)25(22)30)21-14-10-18(11-15-21)16-27-32-2/h3-16,23,30H,1-2H3/b27-16+. The molecule has 160 valence electrons. The summed E-state index contributed by atoms with van der Waals surface area (Å²) >= 11 is 0. The van der Waals surface area contributed by atoms with Crippen molar-refractivity contribution in [3.63, 3.8) is 0 Å². The van der Waals surface area contributed by atoms with Gasteiger partial charge in [-0.2, -0.15) is 0 Å². The Hall–Kier alpha value is -4.19. The van der Waals surface area contributed by atoms with Crippen LogP contribution in [0.2, 0.25) is 0 Å². The van der Waals surface area contributed by atoms with Gasteiger partial charge in [-0.05, 0) is 30.2 Å². The van der Waals surface area contributed by atoms with Crippen LogP contribution < -0.4 is 4.90 Å². The average molecular weight is 426 g/mol. The number of hydrogen-bond donors (Lipinski definition) is 1. The van der Waals surface area contributed by atoms with Gasteiger partial charge in [0.15, 0.2) is 11.5 Å². The van der Waals surface area contributed by atoms with Gasteiger partial charge < -0.3 is 9.94 Å². The Morgan fingerprint density at radius 2 is 1.66 bits per heavy atom. The van der Waals surface area contributed by atoms with Crippen molar-refractivity contribution in [3.8, 4) is 0 Å². The molecule has 6 nitrogen and oxygen atoms in total. The van der Waals surface area contributed by atoms with E-state index < -0.39 is 17.7 Å². The summed E-state index contributed by atoms with van der Waals surface area (Å²) in [6.45, 7) is 1.93. The first-order chi connectivity index (χ1) is 15.5. The molecule has 1 aliphatic heterocycles. The van der Waals surface area contributed by atoms with E-state index in [4.69, 9.17) is 4.84 Å². The fourth-order valence-electron chi connectivity index (χ4n) is 3.75. The average Bonchev–Trinajstić information content (AvgIpc) is 3.09. The molecule has 3 aromatic carbocycles. The van der Waals surface area contributed by atoms with Gasteiger partial charge in [0.25, 0.3) is 5.91 Å². The lowest BCUT2D eigenvalue weighted by molar-refractivity contribution is -0.117. The lowest BCUT2D eigenvalue weighted by Gasteiger charge is -2.27. The SMILES string of the molecule is CO/N=C/c1ccc(N2C(=O)C(O)=C(C(=O)c3ccc(C)cc3)C2c2ccccc2)cc1. The molecule has 1 heterocycles. The van der Waals surface area contributed by atoms with Crippen LogP contribution in [0.4, 0.5) is 5.69 Å². The summed E-state index contributed by atoms with van der Waals surface area (Å²) < 4.78 is 0. The van der Waals surface area contributed by atoms with Gasteiger partial charge in [0.1, 0.15) is 7.11 Å². The first-order valence-electron chi connectivity index (χ1n) is 10.1. The lowest BCUT2D eigenvalue weighted by atomic mass is 9.92. The van der Waals surface area contributed by atoms with Gasteiger partial charge in [0.05, 0.1) is 17.8 Å². The molecule has 4 rings (SSSR count). The molecular formula is C26H22N2O4. The number of hydrogen-bond acceptors (Lipinski definition) is 5. The Morgan fingerprint density at radius 1 is 1.00 bits per heavy atom. The largest absolute Gasteiger partial charge is 0.503 e.